The summed E-state index contributed by atoms with van der Waals surface area (Å²) in [5.74, 6) is 7.04. The molecule has 0 aliphatic rings. The Hall–Kier alpha value is -0.0800. The molecule has 0 aromatic heterocycles. The SMILES string of the molecule is CC(C)CCCC(CC(C)C)NN. The van der Waals surface area contributed by atoms with Gasteiger partial charge in [0.1, 0.15) is 0 Å². The molecular weight excluding hydrogens is 160 g/mol. The summed E-state index contributed by atoms with van der Waals surface area (Å²) in [7, 11) is 0. The largest absolute Gasteiger partial charge is 0.271 e. The maximum Gasteiger partial charge on any atom is 0.0213 e. The summed E-state index contributed by atoms with van der Waals surface area (Å²) in [5, 5.41) is 0. The molecule has 2 nitrogen and oxygen atoms in total. The Balaban J connectivity index is 3.48. The van der Waals surface area contributed by atoms with Crippen molar-refractivity contribution in [1.29, 1.82) is 0 Å². The molecule has 3 N–H and O–H groups in total. The summed E-state index contributed by atoms with van der Waals surface area (Å²) < 4.78 is 0. The van der Waals surface area contributed by atoms with Crippen LogP contribution >= 0.6 is 0 Å². The molecule has 0 bridgehead atoms. The normalized spacial score (nSPS) is 14.1. The highest BCUT2D eigenvalue weighted by Crippen LogP contribution is 2.13. The molecule has 0 aromatic rings. The van der Waals surface area contributed by atoms with Crippen LogP contribution in [0.5, 0.6) is 0 Å². The van der Waals surface area contributed by atoms with Crippen LogP contribution in [0.25, 0.3) is 0 Å². The fraction of sp³-hybridized carbons (Fsp3) is 1.00. The van der Waals surface area contributed by atoms with E-state index in [2.05, 4.69) is 33.1 Å². The van der Waals surface area contributed by atoms with Crippen molar-refractivity contribution in [3.05, 3.63) is 0 Å². The first-order valence-electron chi connectivity index (χ1n) is 5.52. The third kappa shape index (κ3) is 8.26. The minimum Gasteiger partial charge on any atom is -0.271 e. The van der Waals surface area contributed by atoms with Crippen molar-refractivity contribution in [3.8, 4) is 0 Å². The van der Waals surface area contributed by atoms with Crippen molar-refractivity contribution in [1.82, 2.24) is 5.43 Å². The van der Waals surface area contributed by atoms with E-state index >= 15 is 0 Å². The zero-order valence-corrected chi connectivity index (χ0v) is 9.64. The van der Waals surface area contributed by atoms with Gasteiger partial charge in [0, 0.05) is 6.04 Å². The number of hydrazine groups is 1. The van der Waals surface area contributed by atoms with Crippen LogP contribution < -0.4 is 11.3 Å². The Morgan fingerprint density at radius 3 is 2.00 bits per heavy atom. The maximum atomic E-state index is 5.49. The second-order valence-corrected chi connectivity index (χ2v) is 4.82. The van der Waals surface area contributed by atoms with Crippen molar-refractivity contribution in [2.24, 2.45) is 17.7 Å². The van der Waals surface area contributed by atoms with E-state index in [0.29, 0.717) is 6.04 Å². The van der Waals surface area contributed by atoms with Crippen molar-refractivity contribution in [2.45, 2.75) is 59.4 Å². The monoisotopic (exact) mass is 186 g/mol. The number of hydrogen-bond acceptors (Lipinski definition) is 2. The third-order valence-electron chi connectivity index (χ3n) is 2.33. The number of rotatable bonds is 7. The lowest BCUT2D eigenvalue weighted by molar-refractivity contribution is 0.382. The van der Waals surface area contributed by atoms with Gasteiger partial charge < -0.3 is 0 Å². The van der Waals surface area contributed by atoms with E-state index in [0.717, 1.165) is 11.8 Å². The molecule has 0 radical (unpaired) electrons. The number of nitrogens with two attached hydrogens (primary N) is 1. The van der Waals surface area contributed by atoms with E-state index in [9.17, 15) is 0 Å². The Morgan fingerprint density at radius 1 is 1.00 bits per heavy atom. The highest BCUT2D eigenvalue weighted by Gasteiger charge is 2.08. The van der Waals surface area contributed by atoms with E-state index in [1.54, 1.807) is 0 Å². The standard InChI is InChI=1S/C11H26N2/c1-9(2)6-5-7-11(13-12)8-10(3)4/h9-11,13H,5-8,12H2,1-4H3. The lowest BCUT2D eigenvalue weighted by Crippen LogP contribution is -2.36. The summed E-state index contributed by atoms with van der Waals surface area (Å²) in [6, 6.07) is 0.513. The van der Waals surface area contributed by atoms with Crippen LogP contribution in [0.2, 0.25) is 0 Å². The molecule has 0 fully saturated rings. The molecule has 0 rings (SSSR count). The molecule has 0 aliphatic carbocycles. The average molecular weight is 186 g/mol. The molecule has 0 saturated heterocycles. The van der Waals surface area contributed by atoms with Gasteiger partial charge in [-0.1, -0.05) is 40.5 Å². The van der Waals surface area contributed by atoms with E-state index in [-0.39, 0.29) is 0 Å². The second-order valence-electron chi connectivity index (χ2n) is 4.82. The molecule has 0 aromatic carbocycles. The molecule has 0 heterocycles. The third-order valence-corrected chi connectivity index (χ3v) is 2.33. The minimum atomic E-state index is 0.513. The highest BCUT2D eigenvalue weighted by molar-refractivity contribution is 4.65. The first-order chi connectivity index (χ1) is 6.06. The average Bonchev–Trinajstić information content (AvgIpc) is 2.01. The van der Waals surface area contributed by atoms with Crippen LogP contribution in [0.1, 0.15) is 53.4 Å². The highest BCUT2D eigenvalue weighted by atomic mass is 15.2. The van der Waals surface area contributed by atoms with Gasteiger partial charge in [-0.3, -0.25) is 11.3 Å². The van der Waals surface area contributed by atoms with Gasteiger partial charge in [-0.15, -0.1) is 0 Å². The van der Waals surface area contributed by atoms with Crippen LogP contribution in [0, 0.1) is 11.8 Å². The molecule has 80 valence electrons. The lowest BCUT2D eigenvalue weighted by Gasteiger charge is -2.18. The summed E-state index contributed by atoms with van der Waals surface area (Å²) in [4.78, 5) is 0. The van der Waals surface area contributed by atoms with Crippen molar-refractivity contribution < 1.29 is 0 Å². The number of nitrogens with one attached hydrogen (secondary N) is 1. The summed E-state index contributed by atoms with van der Waals surface area (Å²) >= 11 is 0. The molecule has 2 heteroatoms. The zero-order chi connectivity index (χ0) is 10.3. The lowest BCUT2D eigenvalue weighted by atomic mass is 9.97. The Morgan fingerprint density at radius 2 is 1.62 bits per heavy atom. The summed E-state index contributed by atoms with van der Waals surface area (Å²) in [5.41, 5.74) is 2.91. The van der Waals surface area contributed by atoms with Gasteiger partial charge in [-0.2, -0.15) is 0 Å². The minimum absolute atomic E-state index is 0.513. The van der Waals surface area contributed by atoms with Crippen LogP contribution in [-0.2, 0) is 0 Å². The fourth-order valence-corrected chi connectivity index (χ4v) is 1.61. The molecule has 1 unspecified atom stereocenters. The predicted octanol–water partition coefficient (Wildman–Crippen LogP) is 2.69. The Kier molecular flexibility index (Phi) is 7.29. The summed E-state index contributed by atoms with van der Waals surface area (Å²) in [6.07, 6.45) is 5.01. The molecule has 0 saturated carbocycles. The van der Waals surface area contributed by atoms with Gasteiger partial charge in [-0.25, -0.2) is 0 Å². The van der Waals surface area contributed by atoms with Gasteiger partial charge in [-0.05, 0) is 24.7 Å². The number of hydrogen-bond donors (Lipinski definition) is 2. The van der Waals surface area contributed by atoms with E-state index < -0.39 is 0 Å². The van der Waals surface area contributed by atoms with Gasteiger partial charge in [0.15, 0.2) is 0 Å². The van der Waals surface area contributed by atoms with Gasteiger partial charge >= 0.3 is 0 Å². The Labute approximate surface area is 83.2 Å². The predicted molar refractivity (Wildman–Crippen MR) is 59.3 cm³/mol. The van der Waals surface area contributed by atoms with Gasteiger partial charge in [0.05, 0.1) is 0 Å². The topological polar surface area (TPSA) is 38.0 Å². The van der Waals surface area contributed by atoms with E-state index in [4.69, 9.17) is 5.84 Å². The quantitative estimate of drug-likeness (QED) is 0.474. The first kappa shape index (κ1) is 12.9. The fourth-order valence-electron chi connectivity index (χ4n) is 1.61. The zero-order valence-electron chi connectivity index (χ0n) is 9.64. The second kappa shape index (κ2) is 7.34. The maximum absolute atomic E-state index is 5.49. The smallest absolute Gasteiger partial charge is 0.0213 e. The van der Waals surface area contributed by atoms with Crippen molar-refractivity contribution in [2.75, 3.05) is 0 Å². The van der Waals surface area contributed by atoms with Gasteiger partial charge in [0.25, 0.3) is 0 Å². The van der Waals surface area contributed by atoms with Crippen LogP contribution in [0.15, 0.2) is 0 Å². The van der Waals surface area contributed by atoms with E-state index in [1.165, 1.54) is 25.7 Å². The molecule has 0 amide bonds. The molecule has 0 aliphatic heterocycles. The molecule has 1 atom stereocenters. The van der Waals surface area contributed by atoms with Gasteiger partial charge in [0.2, 0.25) is 0 Å². The molecule has 13 heavy (non-hydrogen) atoms. The van der Waals surface area contributed by atoms with Crippen LogP contribution in [0.3, 0.4) is 0 Å². The van der Waals surface area contributed by atoms with Crippen molar-refractivity contribution in [3.63, 3.8) is 0 Å². The van der Waals surface area contributed by atoms with E-state index in [1.807, 2.05) is 0 Å². The molecular formula is C11H26N2. The molecule has 0 spiro atoms. The van der Waals surface area contributed by atoms with Crippen LogP contribution in [-0.4, -0.2) is 6.04 Å². The summed E-state index contributed by atoms with van der Waals surface area (Å²) in [6.45, 7) is 9.03. The van der Waals surface area contributed by atoms with Crippen molar-refractivity contribution >= 4 is 0 Å². The van der Waals surface area contributed by atoms with Crippen LogP contribution in [0.4, 0.5) is 0 Å². The first-order valence-corrected chi connectivity index (χ1v) is 5.52. The Bertz CT molecular complexity index is 111.